The monoisotopic (exact) mass is 506 g/mol. The van der Waals surface area contributed by atoms with Crippen LogP contribution < -0.4 is 9.64 Å². The van der Waals surface area contributed by atoms with Crippen molar-refractivity contribution in [2.75, 3.05) is 18.3 Å². The number of anilines is 1. The quantitative estimate of drug-likeness (QED) is 0.275. The summed E-state index contributed by atoms with van der Waals surface area (Å²) in [7, 11) is 1.64. The zero-order valence-corrected chi connectivity index (χ0v) is 21.6. The number of methoxy groups -OCH3 is 1. The number of thioether (sulfide) groups is 1. The fourth-order valence-electron chi connectivity index (χ4n) is 4.86. The third-order valence-corrected chi connectivity index (χ3v) is 7.85. The van der Waals surface area contributed by atoms with Gasteiger partial charge in [-0.3, -0.25) is 0 Å². The standard InChI is InChI=1S/C27H27ClN4O2S/c1-16-25(21-11-8-19(33-2)12-23(21)28)26-29-24-15-34-14-22(24)27(32(26)30-16)31(18-6-7-18)13-17-4-9-20(35-3)10-5-17/h4-5,8-12,18H,6-7,13-15H2,1-3H3. The Balaban J connectivity index is 1.52. The molecule has 2 aliphatic rings. The van der Waals surface area contributed by atoms with Gasteiger partial charge in [0.2, 0.25) is 0 Å². The highest BCUT2D eigenvalue weighted by molar-refractivity contribution is 7.98. The minimum absolute atomic E-state index is 0.489. The molecule has 1 saturated carbocycles. The van der Waals surface area contributed by atoms with Gasteiger partial charge in [-0.25, -0.2) is 4.98 Å². The smallest absolute Gasteiger partial charge is 0.165 e. The summed E-state index contributed by atoms with van der Waals surface area (Å²) in [6.07, 6.45) is 4.47. The summed E-state index contributed by atoms with van der Waals surface area (Å²) in [4.78, 5) is 8.82. The van der Waals surface area contributed by atoms with Crippen LogP contribution in [0.4, 0.5) is 5.82 Å². The molecule has 2 aromatic carbocycles. The molecule has 0 bridgehead atoms. The van der Waals surface area contributed by atoms with E-state index in [2.05, 4.69) is 35.4 Å². The SMILES string of the molecule is COc1ccc(-c2c(C)nn3c(N(Cc4ccc(SC)cc4)C4CC4)c4c(nc23)COC4)c(Cl)c1. The third kappa shape index (κ3) is 4.05. The van der Waals surface area contributed by atoms with Gasteiger partial charge in [-0.1, -0.05) is 23.7 Å². The van der Waals surface area contributed by atoms with Crippen LogP contribution in [0.2, 0.25) is 5.02 Å². The molecule has 1 fully saturated rings. The summed E-state index contributed by atoms with van der Waals surface area (Å²) >= 11 is 8.47. The Bertz CT molecular complexity index is 1420. The second-order valence-electron chi connectivity index (χ2n) is 9.10. The van der Waals surface area contributed by atoms with Gasteiger partial charge in [-0.15, -0.1) is 11.8 Å². The molecule has 1 aliphatic heterocycles. The van der Waals surface area contributed by atoms with E-state index in [9.17, 15) is 0 Å². The summed E-state index contributed by atoms with van der Waals surface area (Å²) < 4.78 is 13.3. The summed E-state index contributed by atoms with van der Waals surface area (Å²) in [5.41, 5.74) is 6.99. The van der Waals surface area contributed by atoms with Gasteiger partial charge in [0, 0.05) is 28.6 Å². The van der Waals surface area contributed by atoms with Gasteiger partial charge in [0.05, 0.1) is 42.3 Å². The summed E-state index contributed by atoms with van der Waals surface area (Å²) in [6.45, 7) is 3.92. The van der Waals surface area contributed by atoms with Crippen LogP contribution in [0.25, 0.3) is 16.8 Å². The van der Waals surface area contributed by atoms with Crippen LogP contribution in [0.3, 0.4) is 0 Å². The Morgan fingerprint density at radius 3 is 2.66 bits per heavy atom. The molecule has 0 saturated heterocycles. The fraction of sp³-hybridized carbons (Fsp3) is 0.333. The number of benzene rings is 2. The minimum atomic E-state index is 0.489. The molecule has 3 heterocycles. The highest BCUT2D eigenvalue weighted by atomic mass is 35.5. The largest absolute Gasteiger partial charge is 0.497 e. The molecule has 0 atom stereocenters. The third-order valence-electron chi connectivity index (χ3n) is 6.80. The molecule has 0 amide bonds. The summed E-state index contributed by atoms with van der Waals surface area (Å²) in [5.74, 6) is 1.82. The molecule has 0 spiro atoms. The Morgan fingerprint density at radius 2 is 1.97 bits per heavy atom. The van der Waals surface area contributed by atoms with E-state index in [-0.39, 0.29) is 0 Å². The number of hydrogen-bond donors (Lipinski definition) is 0. The number of nitrogens with zero attached hydrogens (tertiary/aromatic N) is 4. The van der Waals surface area contributed by atoms with Crippen LogP contribution in [0.15, 0.2) is 47.4 Å². The highest BCUT2D eigenvalue weighted by Crippen LogP contribution is 2.42. The van der Waals surface area contributed by atoms with Gasteiger partial charge in [0.15, 0.2) is 5.65 Å². The Morgan fingerprint density at radius 1 is 1.17 bits per heavy atom. The van der Waals surface area contributed by atoms with Crippen LogP contribution in [0, 0.1) is 6.92 Å². The Labute approximate surface area is 214 Å². The van der Waals surface area contributed by atoms with Crippen LogP contribution in [-0.4, -0.2) is 34.0 Å². The lowest BCUT2D eigenvalue weighted by molar-refractivity contribution is 0.133. The van der Waals surface area contributed by atoms with E-state index < -0.39 is 0 Å². The van der Waals surface area contributed by atoms with Crippen LogP contribution in [0.5, 0.6) is 5.75 Å². The number of hydrogen-bond acceptors (Lipinski definition) is 6. The number of fused-ring (bicyclic) bond motifs is 2. The number of aromatic nitrogens is 3. The molecule has 0 unspecified atom stereocenters. The zero-order valence-electron chi connectivity index (χ0n) is 20.0. The van der Waals surface area contributed by atoms with Gasteiger partial charge in [0.1, 0.15) is 11.6 Å². The van der Waals surface area contributed by atoms with Crippen molar-refractivity contribution >= 4 is 34.8 Å². The molecule has 180 valence electrons. The van der Waals surface area contributed by atoms with E-state index in [0.29, 0.717) is 24.3 Å². The topological polar surface area (TPSA) is 51.9 Å². The van der Waals surface area contributed by atoms with E-state index in [1.807, 2.05) is 29.6 Å². The minimum Gasteiger partial charge on any atom is -0.497 e. The molecule has 0 N–H and O–H groups in total. The molecule has 0 radical (unpaired) electrons. The normalized spacial score (nSPS) is 15.0. The molecule has 1 aliphatic carbocycles. The first-order chi connectivity index (χ1) is 17.1. The van der Waals surface area contributed by atoms with Gasteiger partial charge in [-0.05, 0) is 61.9 Å². The molecular formula is C27H27ClN4O2S. The molecule has 35 heavy (non-hydrogen) atoms. The van der Waals surface area contributed by atoms with Crippen molar-refractivity contribution in [2.45, 2.75) is 50.5 Å². The average Bonchev–Trinajstić information content (AvgIpc) is 3.52. The lowest BCUT2D eigenvalue weighted by Gasteiger charge is -2.27. The zero-order chi connectivity index (χ0) is 24.1. The number of rotatable bonds is 7. The highest BCUT2D eigenvalue weighted by Gasteiger charge is 2.35. The number of ether oxygens (including phenoxy) is 2. The molecule has 4 aromatic rings. The van der Waals surface area contributed by atoms with Crippen molar-refractivity contribution in [3.8, 4) is 16.9 Å². The van der Waals surface area contributed by atoms with E-state index in [0.717, 1.165) is 51.8 Å². The van der Waals surface area contributed by atoms with Gasteiger partial charge < -0.3 is 14.4 Å². The maximum Gasteiger partial charge on any atom is 0.165 e. The van der Waals surface area contributed by atoms with E-state index in [1.54, 1.807) is 18.9 Å². The summed E-state index contributed by atoms with van der Waals surface area (Å²) in [6, 6.07) is 15.1. The Hall–Kier alpha value is -2.74. The summed E-state index contributed by atoms with van der Waals surface area (Å²) in [5, 5.41) is 5.64. The molecular weight excluding hydrogens is 480 g/mol. The molecule has 2 aromatic heterocycles. The maximum absolute atomic E-state index is 6.70. The van der Waals surface area contributed by atoms with Crippen molar-refractivity contribution < 1.29 is 9.47 Å². The number of aryl methyl sites for hydroxylation is 1. The molecule has 8 heteroatoms. The number of halogens is 1. The van der Waals surface area contributed by atoms with Crippen molar-refractivity contribution in [3.63, 3.8) is 0 Å². The van der Waals surface area contributed by atoms with E-state index in [1.165, 1.54) is 23.3 Å². The fourth-order valence-corrected chi connectivity index (χ4v) is 5.54. The van der Waals surface area contributed by atoms with Gasteiger partial charge >= 0.3 is 0 Å². The van der Waals surface area contributed by atoms with Gasteiger partial charge in [-0.2, -0.15) is 9.61 Å². The Kier molecular flexibility index (Phi) is 5.87. The second kappa shape index (κ2) is 9.04. The average molecular weight is 507 g/mol. The van der Waals surface area contributed by atoms with Crippen LogP contribution in [-0.2, 0) is 24.5 Å². The van der Waals surface area contributed by atoms with E-state index in [4.69, 9.17) is 31.2 Å². The molecule has 6 rings (SSSR count). The first-order valence-electron chi connectivity index (χ1n) is 11.8. The van der Waals surface area contributed by atoms with Crippen molar-refractivity contribution in [2.24, 2.45) is 0 Å². The van der Waals surface area contributed by atoms with Gasteiger partial charge in [0.25, 0.3) is 0 Å². The van der Waals surface area contributed by atoms with Crippen LogP contribution >= 0.6 is 23.4 Å². The van der Waals surface area contributed by atoms with Crippen molar-refractivity contribution in [1.82, 2.24) is 14.6 Å². The predicted molar refractivity (Wildman–Crippen MR) is 141 cm³/mol. The maximum atomic E-state index is 6.70. The lowest BCUT2D eigenvalue weighted by Crippen LogP contribution is -2.29. The van der Waals surface area contributed by atoms with Crippen molar-refractivity contribution in [1.29, 1.82) is 0 Å². The van der Waals surface area contributed by atoms with Crippen molar-refractivity contribution in [3.05, 3.63) is 70.0 Å². The lowest BCUT2D eigenvalue weighted by atomic mass is 10.1. The molecule has 6 nitrogen and oxygen atoms in total. The van der Waals surface area contributed by atoms with Crippen LogP contribution in [0.1, 0.15) is 35.4 Å². The van der Waals surface area contributed by atoms with E-state index >= 15 is 0 Å². The predicted octanol–water partition coefficient (Wildman–Crippen LogP) is 6.29. The first-order valence-corrected chi connectivity index (χ1v) is 13.4. The second-order valence-corrected chi connectivity index (χ2v) is 10.4. The first kappa shape index (κ1) is 22.7.